The van der Waals surface area contributed by atoms with E-state index in [1.807, 2.05) is 4.90 Å². The number of amides is 1. The van der Waals surface area contributed by atoms with E-state index in [4.69, 9.17) is 17.3 Å². The van der Waals surface area contributed by atoms with Gasteiger partial charge in [-0.05, 0) is 12.0 Å². The molecule has 1 aliphatic rings. The van der Waals surface area contributed by atoms with Gasteiger partial charge in [-0.15, -0.1) is 11.6 Å². The summed E-state index contributed by atoms with van der Waals surface area (Å²) in [6.45, 7) is 6.09. The summed E-state index contributed by atoms with van der Waals surface area (Å²) in [6, 6.07) is 0. The van der Waals surface area contributed by atoms with Crippen LogP contribution in [0.5, 0.6) is 0 Å². The zero-order chi connectivity index (χ0) is 10.1. The third kappa shape index (κ3) is 2.85. The highest BCUT2D eigenvalue weighted by atomic mass is 35.5. The third-order valence-corrected chi connectivity index (χ3v) is 2.63. The number of alkyl halides is 1. The molecule has 1 saturated heterocycles. The first kappa shape index (κ1) is 10.8. The van der Waals surface area contributed by atoms with Gasteiger partial charge in [0, 0.05) is 19.5 Å². The second-order valence-electron chi connectivity index (χ2n) is 4.44. The van der Waals surface area contributed by atoms with Crippen LogP contribution in [0.25, 0.3) is 0 Å². The van der Waals surface area contributed by atoms with Gasteiger partial charge >= 0.3 is 0 Å². The van der Waals surface area contributed by atoms with Crippen LogP contribution in [0.2, 0.25) is 0 Å². The number of hydrogen-bond acceptors (Lipinski definition) is 2. The zero-order valence-electron chi connectivity index (χ0n) is 8.22. The Morgan fingerprint density at radius 1 is 1.69 bits per heavy atom. The van der Waals surface area contributed by atoms with Crippen LogP contribution in [0.1, 0.15) is 20.3 Å². The summed E-state index contributed by atoms with van der Waals surface area (Å²) in [4.78, 5) is 13.2. The molecule has 1 unspecified atom stereocenters. The lowest BCUT2D eigenvalue weighted by Crippen LogP contribution is -2.39. The average Bonchev–Trinajstić information content (AvgIpc) is 2.30. The van der Waals surface area contributed by atoms with Crippen LogP contribution in [0.4, 0.5) is 0 Å². The molecule has 1 fully saturated rings. The normalized spacial score (nSPS) is 24.2. The molecule has 3 nitrogen and oxygen atoms in total. The molecule has 1 atom stereocenters. The standard InChI is InChI=1S/C9H17ClN2O/c1-9(2,5-11)6-12-4-7(10)3-8(12)13/h7H,3-6,11H2,1-2H3. The Morgan fingerprint density at radius 2 is 2.31 bits per heavy atom. The van der Waals surface area contributed by atoms with Gasteiger partial charge in [0.25, 0.3) is 0 Å². The van der Waals surface area contributed by atoms with E-state index in [-0.39, 0.29) is 16.7 Å². The van der Waals surface area contributed by atoms with Gasteiger partial charge in [-0.25, -0.2) is 0 Å². The number of rotatable bonds is 3. The molecule has 0 aromatic heterocycles. The van der Waals surface area contributed by atoms with E-state index in [9.17, 15) is 4.79 Å². The summed E-state index contributed by atoms with van der Waals surface area (Å²) in [5, 5.41) is -0.0129. The highest BCUT2D eigenvalue weighted by Gasteiger charge is 2.31. The first-order chi connectivity index (χ1) is 5.94. The summed E-state index contributed by atoms with van der Waals surface area (Å²) >= 11 is 5.88. The molecule has 0 bridgehead atoms. The van der Waals surface area contributed by atoms with E-state index in [2.05, 4.69) is 13.8 Å². The van der Waals surface area contributed by atoms with E-state index < -0.39 is 0 Å². The number of likely N-dealkylation sites (tertiary alicyclic amines) is 1. The summed E-state index contributed by atoms with van der Waals surface area (Å²) < 4.78 is 0. The fourth-order valence-corrected chi connectivity index (χ4v) is 1.76. The molecular formula is C9H17ClN2O. The molecule has 0 aromatic carbocycles. The van der Waals surface area contributed by atoms with Crippen LogP contribution in [-0.4, -0.2) is 35.8 Å². The first-order valence-electron chi connectivity index (χ1n) is 4.56. The maximum atomic E-state index is 11.4. The Balaban J connectivity index is 2.50. The second kappa shape index (κ2) is 3.84. The van der Waals surface area contributed by atoms with E-state index in [0.29, 0.717) is 26.1 Å². The maximum absolute atomic E-state index is 11.4. The quantitative estimate of drug-likeness (QED) is 0.692. The average molecular weight is 205 g/mol. The minimum absolute atomic E-state index is 0.00336. The summed E-state index contributed by atoms with van der Waals surface area (Å²) in [5.74, 6) is 0.154. The van der Waals surface area contributed by atoms with Crippen molar-refractivity contribution in [3.05, 3.63) is 0 Å². The Morgan fingerprint density at radius 3 is 2.69 bits per heavy atom. The van der Waals surface area contributed by atoms with Gasteiger partial charge < -0.3 is 10.6 Å². The van der Waals surface area contributed by atoms with E-state index in [1.54, 1.807) is 0 Å². The molecule has 13 heavy (non-hydrogen) atoms. The van der Waals surface area contributed by atoms with Gasteiger partial charge in [-0.2, -0.15) is 0 Å². The molecule has 1 amide bonds. The Kier molecular flexibility index (Phi) is 3.19. The number of carbonyl (C=O) groups is 1. The summed E-state index contributed by atoms with van der Waals surface area (Å²) in [5.41, 5.74) is 5.59. The summed E-state index contributed by atoms with van der Waals surface area (Å²) in [6.07, 6.45) is 0.474. The lowest BCUT2D eigenvalue weighted by Gasteiger charge is -2.28. The lowest BCUT2D eigenvalue weighted by molar-refractivity contribution is -0.128. The van der Waals surface area contributed by atoms with Crippen LogP contribution in [0, 0.1) is 5.41 Å². The van der Waals surface area contributed by atoms with Gasteiger partial charge in [0.15, 0.2) is 0 Å². The number of halogens is 1. The smallest absolute Gasteiger partial charge is 0.224 e. The fraction of sp³-hybridized carbons (Fsp3) is 0.889. The van der Waals surface area contributed by atoms with Crippen molar-refractivity contribution in [2.45, 2.75) is 25.6 Å². The van der Waals surface area contributed by atoms with Gasteiger partial charge in [0.05, 0.1) is 5.38 Å². The molecule has 1 rings (SSSR count). The molecule has 1 heterocycles. The second-order valence-corrected chi connectivity index (χ2v) is 5.06. The van der Waals surface area contributed by atoms with Crippen LogP contribution in [0.15, 0.2) is 0 Å². The van der Waals surface area contributed by atoms with Crippen molar-refractivity contribution in [3.8, 4) is 0 Å². The molecular weight excluding hydrogens is 188 g/mol. The Hall–Kier alpha value is -0.280. The lowest BCUT2D eigenvalue weighted by atomic mass is 9.93. The van der Waals surface area contributed by atoms with E-state index in [0.717, 1.165) is 0 Å². The molecule has 0 radical (unpaired) electrons. The maximum Gasteiger partial charge on any atom is 0.224 e. The van der Waals surface area contributed by atoms with Crippen LogP contribution in [-0.2, 0) is 4.79 Å². The van der Waals surface area contributed by atoms with Crippen molar-refractivity contribution in [2.75, 3.05) is 19.6 Å². The third-order valence-electron chi connectivity index (χ3n) is 2.34. The SMILES string of the molecule is CC(C)(CN)CN1CC(Cl)CC1=O. The molecule has 2 N–H and O–H groups in total. The molecule has 1 aliphatic heterocycles. The van der Waals surface area contributed by atoms with Crippen molar-refractivity contribution >= 4 is 17.5 Å². The highest BCUT2D eigenvalue weighted by molar-refractivity contribution is 6.22. The van der Waals surface area contributed by atoms with E-state index >= 15 is 0 Å². The van der Waals surface area contributed by atoms with Crippen LogP contribution >= 0.6 is 11.6 Å². The molecule has 0 aliphatic carbocycles. The van der Waals surface area contributed by atoms with Crippen molar-refractivity contribution in [1.29, 1.82) is 0 Å². The molecule has 76 valence electrons. The molecule has 0 spiro atoms. The molecule has 4 heteroatoms. The predicted octanol–water partition coefficient (Wildman–Crippen LogP) is 0.811. The molecule has 0 aromatic rings. The first-order valence-corrected chi connectivity index (χ1v) is 5.00. The minimum Gasteiger partial charge on any atom is -0.341 e. The van der Waals surface area contributed by atoms with Gasteiger partial charge in [0.1, 0.15) is 0 Å². The topological polar surface area (TPSA) is 46.3 Å². The fourth-order valence-electron chi connectivity index (χ4n) is 1.46. The largest absolute Gasteiger partial charge is 0.341 e. The predicted molar refractivity (Wildman–Crippen MR) is 53.7 cm³/mol. The number of nitrogens with zero attached hydrogens (tertiary/aromatic N) is 1. The van der Waals surface area contributed by atoms with Crippen LogP contribution in [0.3, 0.4) is 0 Å². The van der Waals surface area contributed by atoms with Crippen molar-refractivity contribution in [2.24, 2.45) is 11.1 Å². The number of nitrogens with two attached hydrogens (primary N) is 1. The zero-order valence-corrected chi connectivity index (χ0v) is 8.97. The van der Waals surface area contributed by atoms with Crippen molar-refractivity contribution in [1.82, 2.24) is 4.90 Å². The van der Waals surface area contributed by atoms with Gasteiger partial charge in [-0.3, -0.25) is 4.79 Å². The van der Waals surface area contributed by atoms with Crippen molar-refractivity contribution in [3.63, 3.8) is 0 Å². The van der Waals surface area contributed by atoms with Crippen LogP contribution < -0.4 is 5.73 Å². The summed E-state index contributed by atoms with van der Waals surface area (Å²) in [7, 11) is 0. The Labute approximate surface area is 84.2 Å². The van der Waals surface area contributed by atoms with E-state index in [1.165, 1.54) is 0 Å². The highest BCUT2D eigenvalue weighted by Crippen LogP contribution is 2.22. The monoisotopic (exact) mass is 204 g/mol. The molecule has 0 saturated carbocycles. The number of hydrogen-bond donors (Lipinski definition) is 1. The van der Waals surface area contributed by atoms with Gasteiger partial charge in [-0.1, -0.05) is 13.8 Å². The minimum atomic E-state index is -0.0129. The number of carbonyl (C=O) groups excluding carboxylic acids is 1. The van der Waals surface area contributed by atoms with Gasteiger partial charge in [0.2, 0.25) is 5.91 Å². The Bertz CT molecular complexity index is 206. The van der Waals surface area contributed by atoms with Crippen molar-refractivity contribution < 1.29 is 4.79 Å².